The molecule has 0 bridgehead atoms. The number of hydrogen-bond donors (Lipinski definition) is 0. The van der Waals surface area contributed by atoms with E-state index in [1.165, 1.54) is 39.1 Å². The monoisotopic (exact) mass is 458 g/mol. The molecule has 1 fully saturated rings. The van der Waals surface area contributed by atoms with Crippen molar-refractivity contribution >= 4 is 0 Å². The van der Waals surface area contributed by atoms with E-state index in [0.29, 0.717) is 6.04 Å². The highest BCUT2D eigenvalue weighted by Gasteiger charge is 2.19. The molecular formula is C29H67N3. The Morgan fingerprint density at radius 1 is 0.500 bits per heavy atom. The van der Waals surface area contributed by atoms with E-state index < -0.39 is 0 Å². The Morgan fingerprint density at radius 2 is 0.812 bits per heavy atom. The molecule has 198 valence electrons. The summed E-state index contributed by atoms with van der Waals surface area (Å²) in [6, 6.07) is 2.15. The van der Waals surface area contributed by atoms with Crippen LogP contribution < -0.4 is 0 Å². The van der Waals surface area contributed by atoms with Crippen molar-refractivity contribution in [3.05, 3.63) is 11.6 Å². The molecule has 0 amide bonds. The van der Waals surface area contributed by atoms with Gasteiger partial charge in [-0.1, -0.05) is 80.9 Å². The molecule has 0 spiro atoms. The summed E-state index contributed by atoms with van der Waals surface area (Å²) in [6.45, 7) is 41.6. The Kier molecular flexibility index (Phi) is 32.6. The van der Waals surface area contributed by atoms with Crippen LogP contribution in [0.3, 0.4) is 0 Å². The van der Waals surface area contributed by atoms with Crippen LogP contribution in [0.15, 0.2) is 11.6 Å². The summed E-state index contributed by atoms with van der Waals surface area (Å²) in [4.78, 5) is 7.63. The highest BCUT2D eigenvalue weighted by molar-refractivity contribution is 5.09. The van der Waals surface area contributed by atoms with Crippen LogP contribution in [0.1, 0.15) is 117 Å². The molecule has 0 atom stereocenters. The lowest BCUT2D eigenvalue weighted by molar-refractivity contribution is 0.0887. The molecule has 0 aromatic carbocycles. The van der Waals surface area contributed by atoms with Gasteiger partial charge in [-0.05, 0) is 53.9 Å². The van der Waals surface area contributed by atoms with E-state index in [1.807, 2.05) is 55.4 Å². The van der Waals surface area contributed by atoms with Crippen molar-refractivity contribution in [2.75, 3.05) is 39.3 Å². The van der Waals surface area contributed by atoms with E-state index >= 15 is 0 Å². The lowest BCUT2D eigenvalue weighted by Gasteiger charge is -2.38. The molecule has 2 heterocycles. The van der Waals surface area contributed by atoms with E-state index in [-0.39, 0.29) is 0 Å². The van der Waals surface area contributed by atoms with E-state index in [1.54, 1.807) is 5.57 Å². The van der Waals surface area contributed by atoms with E-state index in [4.69, 9.17) is 0 Å². The van der Waals surface area contributed by atoms with Crippen molar-refractivity contribution < 1.29 is 0 Å². The van der Waals surface area contributed by atoms with Gasteiger partial charge >= 0.3 is 0 Å². The van der Waals surface area contributed by atoms with Gasteiger partial charge < -0.3 is 0 Å². The molecule has 32 heavy (non-hydrogen) atoms. The normalized spacial score (nSPS) is 16.8. The Balaban J connectivity index is -0.000000187. The molecule has 3 nitrogen and oxygen atoms in total. The van der Waals surface area contributed by atoms with Crippen LogP contribution in [-0.2, 0) is 0 Å². The summed E-state index contributed by atoms with van der Waals surface area (Å²) in [5.74, 6) is 0.749. The summed E-state index contributed by atoms with van der Waals surface area (Å²) in [6.07, 6.45) is 3.68. The number of nitrogens with zero attached hydrogens (tertiary/aromatic N) is 3. The van der Waals surface area contributed by atoms with E-state index in [0.717, 1.165) is 24.5 Å². The van der Waals surface area contributed by atoms with Crippen molar-refractivity contribution in [1.29, 1.82) is 0 Å². The third-order valence-corrected chi connectivity index (χ3v) is 5.56. The van der Waals surface area contributed by atoms with Crippen LogP contribution in [0.25, 0.3) is 0 Å². The van der Waals surface area contributed by atoms with Crippen LogP contribution in [0.5, 0.6) is 0 Å². The standard InChI is InChI=1S/C11H21N.C10H22N2.4C2H6/c2*1-9(2)11-5-7-12(8-6-11)10(3)4;4*1-2/h5,9-10H,6-8H2,1-4H3;9-10H,5-8H2,1-4H3;4*1-2H3. The van der Waals surface area contributed by atoms with Crippen LogP contribution in [-0.4, -0.2) is 72.1 Å². The molecule has 0 aliphatic carbocycles. The minimum absolute atomic E-state index is 0.704. The second-order valence-electron chi connectivity index (χ2n) is 8.53. The minimum atomic E-state index is 0.704. The topological polar surface area (TPSA) is 9.72 Å². The number of piperazine rings is 1. The first-order chi connectivity index (χ1) is 15.2. The molecule has 2 aliphatic rings. The number of rotatable bonds is 4. The summed E-state index contributed by atoms with van der Waals surface area (Å²) in [7, 11) is 0. The lowest BCUT2D eigenvalue weighted by atomic mass is 9.96. The van der Waals surface area contributed by atoms with Crippen molar-refractivity contribution in [2.45, 2.75) is 135 Å². The highest BCUT2D eigenvalue weighted by atomic mass is 15.3. The third-order valence-electron chi connectivity index (χ3n) is 5.56. The zero-order valence-electron chi connectivity index (χ0n) is 25.7. The molecule has 2 aliphatic heterocycles. The second-order valence-corrected chi connectivity index (χ2v) is 8.53. The third kappa shape index (κ3) is 19.1. The van der Waals surface area contributed by atoms with Gasteiger partial charge in [-0.15, -0.1) is 0 Å². The molecule has 0 aromatic rings. The molecule has 0 aromatic heterocycles. The molecular weight excluding hydrogens is 390 g/mol. The van der Waals surface area contributed by atoms with Gasteiger partial charge in [0, 0.05) is 57.4 Å². The van der Waals surface area contributed by atoms with Gasteiger partial charge in [0.1, 0.15) is 0 Å². The Labute approximate surface area is 207 Å². The smallest absolute Gasteiger partial charge is 0.0168 e. The first-order valence-electron chi connectivity index (χ1n) is 14.1. The SMILES string of the molecule is CC.CC.CC.CC.CC(C)C1=CCN(C(C)C)CC1.CC(C)N1CCN(C(C)C)CC1. The molecule has 0 saturated carbocycles. The quantitative estimate of drug-likeness (QED) is 0.394. The zero-order chi connectivity index (χ0) is 26.3. The maximum atomic E-state index is 2.55. The first-order valence-corrected chi connectivity index (χ1v) is 14.1. The van der Waals surface area contributed by atoms with E-state index in [2.05, 4.69) is 76.2 Å². The fraction of sp³-hybridized carbons (Fsp3) is 0.931. The molecule has 0 unspecified atom stereocenters. The van der Waals surface area contributed by atoms with E-state index in [9.17, 15) is 0 Å². The van der Waals surface area contributed by atoms with Gasteiger partial charge in [0.2, 0.25) is 0 Å². The average molecular weight is 458 g/mol. The van der Waals surface area contributed by atoms with Crippen molar-refractivity contribution in [1.82, 2.24) is 14.7 Å². The lowest BCUT2D eigenvalue weighted by Crippen LogP contribution is -2.50. The average Bonchev–Trinajstić information content (AvgIpc) is 2.84. The van der Waals surface area contributed by atoms with Crippen molar-refractivity contribution in [3.63, 3.8) is 0 Å². The second kappa shape index (κ2) is 26.9. The largest absolute Gasteiger partial charge is 0.298 e. The predicted octanol–water partition coefficient (Wildman–Crippen LogP) is 8.21. The highest BCUT2D eigenvalue weighted by Crippen LogP contribution is 2.19. The maximum absolute atomic E-state index is 2.55. The maximum Gasteiger partial charge on any atom is 0.0168 e. The van der Waals surface area contributed by atoms with Gasteiger partial charge in [-0.3, -0.25) is 14.7 Å². The van der Waals surface area contributed by atoms with Crippen LogP contribution in [0.4, 0.5) is 0 Å². The number of hydrogen-bond acceptors (Lipinski definition) is 3. The zero-order valence-corrected chi connectivity index (χ0v) is 25.7. The fourth-order valence-corrected chi connectivity index (χ4v) is 3.46. The minimum Gasteiger partial charge on any atom is -0.298 e. The molecule has 1 saturated heterocycles. The van der Waals surface area contributed by atoms with Gasteiger partial charge in [0.05, 0.1) is 0 Å². The summed E-state index contributed by atoms with van der Waals surface area (Å²) >= 11 is 0. The van der Waals surface area contributed by atoms with Gasteiger partial charge in [-0.2, -0.15) is 0 Å². The Bertz CT molecular complexity index is 349. The van der Waals surface area contributed by atoms with Crippen molar-refractivity contribution in [2.24, 2.45) is 5.92 Å². The molecule has 3 heteroatoms. The summed E-state index contributed by atoms with van der Waals surface area (Å²) in [5, 5.41) is 0. The summed E-state index contributed by atoms with van der Waals surface area (Å²) < 4.78 is 0. The van der Waals surface area contributed by atoms with Crippen LogP contribution >= 0.6 is 0 Å². The van der Waals surface area contributed by atoms with Gasteiger partial charge in [-0.25, -0.2) is 0 Å². The fourth-order valence-electron chi connectivity index (χ4n) is 3.46. The van der Waals surface area contributed by atoms with Gasteiger partial charge in [0.15, 0.2) is 0 Å². The van der Waals surface area contributed by atoms with Gasteiger partial charge in [0.25, 0.3) is 0 Å². The Morgan fingerprint density at radius 3 is 1.00 bits per heavy atom. The first kappa shape index (κ1) is 38.9. The Hall–Kier alpha value is -0.380. The molecule has 0 N–H and O–H groups in total. The molecule has 0 radical (unpaired) electrons. The van der Waals surface area contributed by atoms with Crippen LogP contribution in [0, 0.1) is 5.92 Å². The van der Waals surface area contributed by atoms with Crippen molar-refractivity contribution in [3.8, 4) is 0 Å². The van der Waals surface area contributed by atoms with Crippen LogP contribution in [0.2, 0.25) is 0 Å². The molecule has 2 rings (SSSR count). The summed E-state index contributed by atoms with van der Waals surface area (Å²) in [5.41, 5.74) is 1.65. The predicted molar refractivity (Wildman–Crippen MR) is 153 cm³/mol.